The van der Waals surface area contributed by atoms with Crippen LogP contribution >= 0.6 is 0 Å². The Morgan fingerprint density at radius 1 is 0.929 bits per heavy atom. The van der Waals surface area contributed by atoms with E-state index in [1.807, 2.05) is 0 Å². The third-order valence-electron chi connectivity index (χ3n) is 11.2. The second-order valence-electron chi connectivity index (χ2n) is 12.8. The van der Waals surface area contributed by atoms with Gasteiger partial charge in [-0.05, 0) is 110 Å². The van der Waals surface area contributed by atoms with Crippen LogP contribution in [0.15, 0.2) is 0 Å². The maximum absolute atomic E-state index is 6.82. The van der Waals surface area contributed by atoms with Crippen molar-refractivity contribution in [2.75, 3.05) is 0 Å². The summed E-state index contributed by atoms with van der Waals surface area (Å²) in [6, 6.07) is 0. The molecule has 28 heavy (non-hydrogen) atoms. The van der Waals surface area contributed by atoms with Crippen LogP contribution in [0.1, 0.15) is 105 Å². The highest BCUT2D eigenvalue weighted by Crippen LogP contribution is 2.70. The molecule has 0 amide bonds. The van der Waals surface area contributed by atoms with Crippen molar-refractivity contribution >= 4 is 0 Å². The van der Waals surface area contributed by atoms with Crippen LogP contribution in [0.4, 0.5) is 0 Å². The van der Waals surface area contributed by atoms with Gasteiger partial charge in [0.05, 0.1) is 12.2 Å². The lowest BCUT2D eigenvalue weighted by molar-refractivity contribution is -0.115. The molecular formula is C27H46O. The third-order valence-corrected chi connectivity index (χ3v) is 11.2. The summed E-state index contributed by atoms with van der Waals surface area (Å²) in [5, 5.41) is 0. The molecule has 1 heterocycles. The predicted molar refractivity (Wildman–Crippen MR) is 117 cm³/mol. The lowest BCUT2D eigenvalue weighted by atomic mass is 9.44. The summed E-state index contributed by atoms with van der Waals surface area (Å²) >= 11 is 0. The molecule has 5 rings (SSSR count). The van der Waals surface area contributed by atoms with Crippen molar-refractivity contribution in [2.24, 2.45) is 52.3 Å². The van der Waals surface area contributed by atoms with Gasteiger partial charge in [-0.2, -0.15) is 0 Å². The molecule has 0 bridgehead atoms. The van der Waals surface area contributed by atoms with E-state index in [9.17, 15) is 0 Å². The number of fused-ring (bicyclic) bond motifs is 7. The van der Waals surface area contributed by atoms with Gasteiger partial charge in [-0.3, -0.25) is 0 Å². The molecule has 1 unspecified atom stereocenters. The predicted octanol–water partition coefficient (Wildman–Crippen LogP) is 7.49. The fourth-order valence-corrected chi connectivity index (χ4v) is 9.81. The van der Waals surface area contributed by atoms with Crippen LogP contribution in [0, 0.1) is 52.3 Å². The quantitative estimate of drug-likeness (QED) is 0.488. The van der Waals surface area contributed by atoms with Crippen LogP contribution in [0.2, 0.25) is 0 Å². The minimum Gasteiger partial charge on any atom is -0.374 e. The van der Waals surface area contributed by atoms with Crippen molar-refractivity contribution in [1.29, 1.82) is 0 Å². The first-order valence-electron chi connectivity index (χ1n) is 13.0. The van der Waals surface area contributed by atoms with Gasteiger partial charge >= 0.3 is 0 Å². The first-order chi connectivity index (χ1) is 13.3. The van der Waals surface area contributed by atoms with E-state index in [1.54, 1.807) is 0 Å². The summed E-state index contributed by atoms with van der Waals surface area (Å²) in [5.74, 6) is 6.45. The molecule has 1 saturated heterocycles. The Morgan fingerprint density at radius 3 is 2.54 bits per heavy atom. The third kappa shape index (κ3) is 2.80. The zero-order chi connectivity index (χ0) is 19.7. The van der Waals surface area contributed by atoms with E-state index in [0.29, 0.717) is 23.0 Å². The molecule has 1 heteroatoms. The molecule has 1 aliphatic heterocycles. The van der Waals surface area contributed by atoms with Crippen LogP contribution < -0.4 is 0 Å². The smallest absolute Gasteiger partial charge is 0.0618 e. The van der Waals surface area contributed by atoms with Gasteiger partial charge in [0.1, 0.15) is 0 Å². The average Bonchev–Trinajstić information content (AvgIpc) is 3.13. The van der Waals surface area contributed by atoms with E-state index in [0.717, 1.165) is 41.4 Å². The van der Waals surface area contributed by atoms with E-state index < -0.39 is 0 Å². The molecule has 160 valence electrons. The highest BCUT2D eigenvalue weighted by atomic mass is 16.5. The molecule has 4 saturated carbocycles. The van der Waals surface area contributed by atoms with E-state index in [1.165, 1.54) is 70.6 Å². The molecular weight excluding hydrogens is 340 g/mol. The summed E-state index contributed by atoms with van der Waals surface area (Å²) < 4.78 is 6.82. The molecule has 5 fully saturated rings. The van der Waals surface area contributed by atoms with E-state index in [2.05, 4.69) is 34.6 Å². The highest BCUT2D eigenvalue weighted by Gasteiger charge is 2.65. The molecule has 0 aromatic rings. The van der Waals surface area contributed by atoms with E-state index in [-0.39, 0.29) is 0 Å². The molecule has 0 aromatic carbocycles. The van der Waals surface area contributed by atoms with Crippen LogP contribution in [0.5, 0.6) is 0 Å². The lowest BCUT2D eigenvalue weighted by Gasteiger charge is -2.60. The molecule has 10 atom stereocenters. The van der Waals surface area contributed by atoms with Gasteiger partial charge in [-0.25, -0.2) is 0 Å². The molecule has 1 nitrogen and oxygen atoms in total. The fourth-order valence-electron chi connectivity index (χ4n) is 9.81. The molecule has 0 N–H and O–H groups in total. The second-order valence-corrected chi connectivity index (χ2v) is 12.8. The minimum absolute atomic E-state index is 0.541. The zero-order valence-corrected chi connectivity index (χ0v) is 19.4. The Morgan fingerprint density at radius 2 is 1.75 bits per heavy atom. The molecule has 0 aromatic heterocycles. The van der Waals surface area contributed by atoms with E-state index in [4.69, 9.17) is 4.74 Å². The van der Waals surface area contributed by atoms with Gasteiger partial charge in [0, 0.05) is 0 Å². The normalized spacial score (nSPS) is 55.5. The van der Waals surface area contributed by atoms with Crippen LogP contribution in [-0.2, 0) is 4.74 Å². The summed E-state index contributed by atoms with van der Waals surface area (Å²) in [6.07, 6.45) is 17.3. The molecule has 0 radical (unpaired) electrons. The molecule has 0 spiro atoms. The number of rotatable bonds is 3. The Labute approximate surface area is 174 Å². The SMILES string of the molecule is CC(C)CC[C@H]1O[C@H]2C[C@H]3[C@@H]4CCC5CCCC[C@]5(C)[C@H]4CC[C@]3(C)[C@H]2[C@@H]1C. The van der Waals surface area contributed by atoms with Crippen molar-refractivity contribution in [2.45, 2.75) is 117 Å². The van der Waals surface area contributed by atoms with Crippen molar-refractivity contribution in [3.05, 3.63) is 0 Å². The van der Waals surface area contributed by atoms with Gasteiger partial charge < -0.3 is 4.74 Å². The van der Waals surface area contributed by atoms with Crippen molar-refractivity contribution in [3.8, 4) is 0 Å². The number of hydrogen-bond acceptors (Lipinski definition) is 1. The van der Waals surface area contributed by atoms with Gasteiger partial charge in [0.15, 0.2) is 0 Å². The Hall–Kier alpha value is -0.0400. The van der Waals surface area contributed by atoms with Crippen molar-refractivity contribution in [3.63, 3.8) is 0 Å². The van der Waals surface area contributed by atoms with E-state index >= 15 is 0 Å². The maximum Gasteiger partial charge on any atom is 0.0618 e. The van der Waals surface area contributed by atoms with Gasteiger partial charge in [0.25, 0.3) is 0 Å². The van der Waals surface area contributed by atoms with Gasteiger partial charge in [0.2, 0.25) is 0 Å². The number of ether oxygens (including phenoxy) is 1. The lowest BCUT2D eigenvalue weighted by Crippen LogP contribution is -2.53. The summed E-state index contributed by atoms with van der Waals surface area (Å²) in [4.78, 5) is 0. The monoisotopic (exact) mass is 386 g/mol. The Kier molecular flexibility index (Phi) is 4.97. The summed E-state index contributed by atoms with van der Waals surface area (Å²) in [6.45, 7) is 12.7. The summed E-state index contributed by atoms with van der Waals surface area (Å²) in [7, 11) is 0. The van der Waals surface area contributed by atoms with Crippen molar-refractivity contribution in [1.82, 2.24) is 0 Å². The molecule has 4 aliphatic carbocycles. The molecule has 5 aliphatic rings. The summed E-state index contributed by atoms with van der Waals surface area (Å²) in [5.41, 5.74) is 1.24. The first-order valence-corrected chi connectivity index (χ1v) is 13.0. The topological polar surface area (TPSA) is 9.23 Å². The largest absolute Gasteiger partial charge is 0.374 e. The average molecular weight is 387 g/mol. The highest BCUT2D eigenvalue weighted by molar-refractivity contribution is 5.13. The standard InChI is InChI=1S/C27H46O/c1-17(2)9-12-23-18(3)25-24(28-23)16-22-20-11-10-19-8-6-7-14-26(19,4)21(20)13-15-27(22,25)5/h17-25H,6-16H2,1-5H3/t18-,19?,20-,21+,22+,23-,24+,25+,26+,27+/m1/s1. The van der Waals surface area contributed by atoms with Crippen molar-refractivity contribution < 1.29 is 4.74 Å². The number of hydrogen-bond donors (Lipinski definition) is 0. The second kappa shape index (κ2) is 7.00. The zero-order valence-electron chi connectivity index (χ0n) is 19.4. The fraction of sp³-hybridized carbons (Fsp3) is 1.00. The van der Waals surface area contributed by atoms with Gasteiger partial charge in [-0.1, -0.05) is 47.5 Å². The first kappa shape index (κ1) is 19.9. The van der Waals surface area contributed by atoms with Crippen LogP contribution in [0.25, 0.3) is 0 Å². The van der Waals surface area contributed by atoms with Gasteiger partial charge in [-0.15, -0.1) is 0 Å². The Balaban J connectivity index is 1.35. The Bertz CT molecular complexity index is 583. The minimum atomic E-state index is 0.541. The van der Waals surface area contributed by atoms with Crippen LogP contribution in [-0.4, -0.2) is 12.2 Å². The maximum atomic E-state index is 6.82. The van der Waals surface area contributed by atoms with Crippen LogP contribution in [0.3, 0.4) is 0 Å².